The normalized spacial score (nSPS) is 24.4. The number of anilines is 1. The van der Waals surface area contributed by atoms with Gasteiger partial charge in [-0.2, -0.15) is 0 Å². The number of benzene rings is 1. The highest BCUT2D eigenvalue weighted by molar-refractivity contribution is 6.22. The summed E-state index contributed by atoms with van der Waals surface area (Å²) >= 11 is 0. The number of morpholine rings is 1. The third kappa shape index (κ3) is 2.21. The molecule has 0 saturated carbocycles. The number of imide groups is 1. The Kier molecular flexibility index (Phi) is 3.50. The van der Waals surface area contributed by atoms with E-state index in [9.17, 15) is 14.0 Å². The van der Waals surface area contributed by atoms with E-state index in [4.69, 9.17) is 4.74 Å². The van der Waals surface area contributed by atoms with Crippen LogP contribution >= 0.6 is 0 Å². The number of halogens is 1. The zero-order valence-corrected chi connectivity index (χ0v) is 10.9. The molecule has 2 aliphatic heterocycles. The number of rotatable bonds is 2. The van der Waals surface area contributed by atoms with Crippen LogP contribution in [0.2, 0.25) is 0 Å². The Morgan fingerprint density at radius 3 is 2.55 bits per heavy atom. The van der Waals surface area contributed by atoms with Crippen LogP contribution in [0.15, 0.2) is 24.3 Å². The molecule has 0 aliphatic carbocycles. The maximum absolute atomic E-state index is 13.8. The van der Waals surface area contributed by atoms with Gasteiger partial charge in [0, 0.05) is 13.1 Å². The quantitative estimate of drug-likeness (QED) is 0.751. The molecule has 106 valence electrons. The highest BCUT2D eigenvalue weighted by atomic mass is 19.1. The number of hydrogen-bond acceptors (Lipinski definition) is 4. The maximum Gasteiger partial charge on any atom is 0.251 e. The molecule has 0 radical (unpaired) electrons. The maximum atomic E-state index is 13.8. The SMILES string of the molecule is O=C1CC(N2CCOCC2)C(=O)N1c1ccccc1F. The Morgan fingerprint density at radius 2 is 1.85 bits per heavy atom. The summed E-state index contributed by atoms with van der Waals surface area (Å²) in [6.45, 7) is 2.35. The van der Waals surface area contributed by atoms with Crippen molar-refractivity contribution in [3.63, 3.8) is 0 Å². The predicted molar refractivity (Wildman–Crippen MR) is 69.7 cm³/mol. The lowest BCUT2D eigenvalue weighted by Crippen LogP contribution is -2.47. The first-order valence-corrected chi connectivity index (χ1v) is 6.61. The Bertz CT molecular complexity index is 543. The minimum absolute atomic E-state index is 0.0401. The molecule has 0 aromatic heterocycles. The fraction of sp³-hybridized carbons (Fsp3) is 0.429. The largest absolute Gasteiger partial charge is 0.379 e. The fourth-order valence-corrected chi connectivity index (χ4v) is 2.68. The molecule has 1 aromatic carbocycles. The first-order chi connectivity index (χ1) is 9.68. The topological polar surface area (TPSA) is 49.9 Å². The minimum Gasteiger partial charge on any atom is -0.379 e. The number of nitrogens with zero attached hydrogens (tertiary/aromatic N) is 2. The summed E-state index contributed by atoms with van der Waals surface area (Å²) in [5, 5.41) is 0. The third-order valence-electron chi connectivity index (χ3n) is 3.70. The van der Waals surface area contributed by atoms with Crippen LogP contribution in [-0.4, -0.2) is 49.1 Å². The molecule has 2 amide bonds. The zero-order chi connectivity index (χ0) is 14.1. The van der Waals surface area contributed by atoms with Crippen molar-refractivity contribution in [1.82, 2.24) is 4.90 Å². The minimum atomic E-state index is -0.558. The van der Waals surface area contributed by atoms with Crippen LogP contribution in [0.25, 0.3) is 0 Å². The average Bonchev–Trinajstić information content (AvgIpc) is 2.76. The van der Waals surface area contributed by atoms with Crippen molar-refractivity contribution in [2.75, 3.05) is 31.2 Å². The van der Waals surface area contributed by atoms with Crippen LogP contribution in [0, 0.1) is 5.82 Å². The summed E-state index contributed by atoms with van der Waals surface area (Å²) in [5.74, 6) is -1.25. The lowest BCUT2D eigenvalue weighted by molar-refractivity contribution is -0.123. The fourth-order valence-electron chi connectivity index (χ4n) is 2.68. The van der Waals surface area contributed by atoms with Crippen molar-refractivity contribution < 1.29 is 18.7 Å². The molecule has 20 heavy (non-hydrogen) atoms. The smallest absolute Gasteiger partial charge is 0.251 e. The van der Waals surface area contributed by atoms with Crippen LogP contribution in [0.4, 0.5) is 10.1 Å². The van der Waals surface area contributed by atoms with Gasteiger partial charge in [0.25, 0.3) is 5.91 Å². The van der Waals surface area contributed by atoms with Crippen molar-refractivity contribution in [3.05, 3.63) is 30.1 Å². The average molecular weight is 278 g/mol. The molecule has 3 rings (SSSR count). The van der Waals surface area contributed by atoms with E-state index in [0.717, 1.165) is 4.90 Å². The standard InChI is InChI=1S/C14H15FN2O3/c15-10-3-1-2-4-11(10)17-13(18)9-12(14(17)19)16-5-7-20-8-6-16/h1-4,12H,5-9H2. The molecule has 2 fully saturated rings. The van der Waals surface area contributed by atoms with Crippen LogP contribution in [0.3, 0.4) is 0 Å². The highest BCUT2D eigenvalue weighted by Crippen LogP contribution is 2.27. The Balaban J connectivity index is 1.85. The van der Waals surface area contributed by atoms with Gasteiger partial charge in [0.1, 0.15) is 5.82 Å². The van der Waals surface area contributed by atoms with Gasteiger partial charge in [-0.25, -0.2) is 9.29 Å². The van der Waals surface area contributed by atoms with Gasteiger partial charge in [0.2, 0.25) is 5.91 Å². The van der Waals surface area contributed by atoms with Crippen molar-refractivity contribution >= 4 is 17.5 Å². The van der Waals surface area contributed by atoms with Gasteiger partial charge in [-0.3, -0.25) is 14.5 Å². The highest BCUT2D eigenvalue weighted by Gasteiger charge is 2.43. The van der Waals surface area contributed by atoms with E-state index in [1.165, 1.54) is 18.2 Å². The molecule has 5 nitrogen and oxygen atoms in total. The Labute approximate surface area is 115 Å². The first-order valence-electron chi connectivity index (χ1n) is 6.61. The number of hydrogen-bond donors (Lipinski definition) is 0. The number of amides is 2. The lowest BCUT2D eigenvalue weighted by Gasteiger charge is -2.30. The molecular weight excluding hydrogens is 263 g/mol. The van der Waals surface area contributed by atoms with E-state index in [2.05, 4.69) is 0 Å². The Morgan fingerprint density at radius 1 is 1.15 bits per heavy atom. The van der Waals surface area contributed by atoms with Gasteiger partial charge in [-0.15, -0.1) is 0 Å². The Hall–Kier alpha value is -1.79. The number of ether oxygens (including phenoxy) is 1. The predicted octanol–water partition coefficient (Wildman–Crippen LogP) is 0.790. The molecule has 2 aliphatic rings. The molecule has 1 unspecified atom stereocenters. The van der Waals surface area contributed by atoms with E-state index < -0.39 is 11.9 Å². The van der Waals surface area contributed by atoms with E-state index in [1.54, 1.807) is 6.07 Å². The van der Waals surface area contributed by atoms with Crippen LogP contribution in [0.1, 0.15) is 6.42 Å². The van der Waals surface area contributed by atoms with Gasteiger partial charge in [-0.05, 0) is 12.1 Å². The van der Waals surface area contributed by atoms with Crippen LogP contribution in [-0.2, 0) is 14.3 Å². The van der Waals surface area contributed by atoms with Crippen LogP contribution < -0.4 is 4.90 Å². The van der Waals surface area contributed by atoms with Crippen LogP contribution in [0.5, 0.6) is 0 Å². The van der Waals surface area contributed by atoms with E-state index in [-0.39, 0.29) is 23.9 Å². The van der Waals surface area contributed by atoms with Gasteiger partial charge in [0.15, 0.2) is 0 Å². The summed E-state index contributed by atoms with van der Waals surface area (Å²) < 4.78 is 19.0. The summed E-state index contributed by atoms with van der Waals surface area (Å²) in [6.07, 6.45) is 0.104. The lowest BCUT2D eigenvalue weighted by atomic mass is 10.2. The molecule has 0 bridgehead atoms. The molecule has 6 heteroatoms. The number of carbonyl (C=O) groups excluding carboxylic acids is 2. The van der Waals surface area contributed by atoms with Gasteiger partial charge >= 0.3 is 0 Å². The van der Waals surface area contributed by atoms with Crippen molar-refractivity contribution in [3.8, 4) is 0 Å². The molecule has 1 atom stereocenters. The second kappa shape index (κ2) is 5.30. The molecular formula is C14H15FN2O3. The van der Waals surface area contributed by atoms with E-state index in [0.29, 0.717) is 26.3 Å². The summed E-state index contributed by atoms with van der Waals surface area (Å²) in [4.78, 5) is 27.4. The summed E-state index contributed by atoms with van der Waals surface area (Å²) in [5.41, 5.74) is 0.0401. The summed E-state index contributed by atoms with van der Waals surface area (Å²) in [7, 11) is 0. The zero-order valence-electron chi connectivity index (χ0n) is 10.9. The van der Waals surface area contributed by atoms with Crippen molar-refractivity contribution in [2.45, 2.75) is 12.5 Å². The van der Waals surface area contributed by atoms with Crippen molar-refractivity contribution in [1.29, 1.82) is 0 Å². The second-order valence-corrected chi connectivity index (χ2v) is 4.89. The molecule has 1 aromatic rings. The van der Waals surface area contributed by atoms with Gasteiger partial charge in [-0.1, -0.05) is 12.1 Å². The molecule has 0 N–H and O–H groups in total. The number of para-hydroxylation sites is 1. The third-order valence-corrected chi connectivity index (χ3v) is 3.70. The number of carbonyl (C=O) groups is 2. The molecule has 2 saturated heterocycles. The van der Waals surface area contributed by atoms with E-state index >= 15 is 0 Å². The van der Waals surface area contributed by atoms with Gasteiger partial charge < -0.3 is 4.74 Å². The second-order valence-electron chi connectivity index (χ2n) is 4.89. The van der Waals surface area contributed by atoms with Gasteiger partial charge in [0.05, 0.1) is 31.4 Å². The molecule has 0 spiro atoms. The first kappa shape index (κ1) is 13.2. The van der Waals surface area contributed by atoms with Crippen molar-refractivity contribution in [2.24, 2.45) is 0 Å². The summed E-state index contributed by atoms with van der Waals surface area (Å²) in [6, 6.07) is 5.35. The monoisotopic (exact) mass is 278 g/mol. The molecule has 2 heterocycles. The van der Waals surface area contributed by atoms with E-state index in [1.807, 2.05) is 4.90 Å².